The van der Waals surface area contributed by atoms with Crippen molar-refractivity contribution in [3.8, 4) is 0 Å². The molecule has 2 N–H and O–H groups in total. The number of aliphatic hydroxyl groups is 1. The molecule has 0 fully saturated rings. The van der Waals surface area contributed by atoms with Gasteiger partial charge in [0.1, 0.15) is 0 Å². The molecular weight excluding hydrogens is 168 g/mol. The lowest BCUT2D eigenvalue weighted by Crippen LogP contribution is -2.52. The maximum atomic E-state index is 11.7. The molecular formula is C9H20N2O2. The third kappa shape index (κ3) is 3.74. The van der Waals surface area contributed by atoms with Crippen molar-refractivity contribution in [1.82, 2.24) is 10.2 Å². The monoisotopic (exact) mass is 188 g/mol. The van der Waals surface area contributed by atoms with E-state index < -0.39 is 11.6 Å². The zero-order valence-electron chi connectivity index (χ0n) is 9.09. The van der Waals surface area contributed by atoms with Crippen LogP contribution in [0.4, 0.5) is 0 Å². The highest BCUT2D eigenvalue weighted by atomic mass is 16.3. The van der Waals surface area contributed by atoms with E-state index in [9.17, 15) is 4.79 Å². The summed E-state index contributed by atoms with van der Waals surface area (Å²) in [6.07, 6.45) is -0.485. The molecule has 0 saturated carbocycles. The zero-order valence-corrected chi connectivity index (χ0v) is 9.09. The molecule has 0 aromatic rings. The summed E-state index contributed by atoms with van der Waals surface area (Å²) in [5.41, 5.74) is -0.566. The normalized spacial score (nSPS) is 14.0. The second-order valence-corrected chi connectivity index (χ2v) is 3.91. The SMILES string of the molecule is CNC(C)(C)C(=O)N(C)CC(C)O. The first-order valence-corrected chi connectivity index (χ1v) is 4.43. The van der Waals surface area contributed by atoms with Gasteiger partial charge in [-0.15, -0.1) is 0 Å². The minimum absolute atomic E-state index is 0.0177. The Kier molecular flexibility index (Phi) is 4.36. The van der Waals surface area contributed by atoms with Gasteiger partial charge >= 0.3 is 0 Å². The quantitative estimate of drug-likeness (QED) is 0.643. The molecule has 0 saturated heterocycles. The van der Waals surface area contributed by atoms with Crippen molar-refractivity contribution in [3.05, 3.63) is 0 Å². The Balaban J connectivity index is 4.25. The number of carbonyl (C=O) groups excluding carboxylic acids is 1. The number of rotatable bonds is 4. The minimum atomic E-state index is -0.566. The van der Waals surface area contributed by atoms with E-state index in [1.54, 1.807) is 21.0 Å². The van der Waals surface area contributed by atoms with Gasteiger partial charge in [0.05, 0.1) is 11.6 Å². The molecule has 1 atom stereocenters. The lowest BCUT2D eigenvalue weighted by atomic mass is 10.0. The number of amides is 1. The van der Waals surface area contributed by atoms with Crippen molar-refractivity contribution < 1.29 is 9.90 Å². The van der Waals surface area contributed by atoms with Crippen molar-refractivity contribution in [2.24, 2.45) is 0 Å². The smallest absolute Gasteiger partial charge is 0.242 e. The first-order chi connectivity index (χ1) is 5.81. The van der Waals surface area contributed by atoms with Crippen LogP contribution in [0.3, 0.4) is 0 Å². The number of aliphatic hydroxyl groups excluding tert-OH is 1. The molecule has 0 bridgehead atoms. The Morgan fingerprint density at radius 2 is 2.08 bits per heavy atom. The molecule has 0 heterocycles. The van der Waals surface area contributed by atoms with Crippen LogP contribution in [-0.4, -0.2) is 48.2 Å². The predicted octanol–water partition coefficient (Wildman–Crippen LogP) is -0.176. The maximum absolute atomic E-state index is 11.7. The molecule has 1 unspecified atom stereocenters. The molecule has 4 heteroatoms. The molecule has 0 aromatic heterocycles. The summed E-state index contributed by atoms with van der Waals surface area (Å²) >= 11 is 0. The fourth-order valence-corrected chi connectivity index (χ4v) is 1.06. The van der Waals surface area contributed by atoms with E-state index in [1.807, 2.05) is 13.8 Å². The molecule has 13 heavy (non-hydrogen) atoms. The first-order valence-electron chi connectivity index (χ1n) is 4.43. The largest absolute Gasteiger partial charge is 0.392 e. The lowest BCUT2D eigenvalue weighted by Gasteiger charge is -2.29. The Bertz CT molecular complexity index is 178. The van der Waals surface area contributed by atoms with Crippen molar-refractivity contribution in [2.45, 2.75) is 32.4 Å². The van der Waals surface area contributed by atoms with Crippen LogP contribution >= 0.6 is 0 Å². The summed E-state index contributed by atoms with van der Waals surface area (Å²) in [6, 6.07) is 0. The van der Waals surface area contributed by atoms with Gasteiger partial charge in [0, 0.05) is 13.6 Å². The summed E-state index contributed by atoms with van der Waals surface area (Å²) in [7, 11) is 3.43. The molecule has 0 rings (SSSR count). The highest BCUT2D eigenvalue weighted by Crippen LogP contribution is 2.05. The van der Waals surface area contributed by atoms with Gasteiger partial charge in [-0.3, -0.25) is 4.79 Å². The third-order valence-corrected chi connectivity index (χ3v) is 2.04. The standard InChI is InChI=1S/C9H20N2O2/c1-7(12)6-11(5)8(13)9(2,3)10-4/h7,10,12H,6H2,1-5H3. The van der Waals surface area contributed by atoms with E-state index >= 15 is 0 Å². The second kappa shape index (κ2) is 4.58. The van der Waals surface area contributed by atoms with Crippen LogP contribution in [0.2, 0.25) is 0 Å². The fourth-order valence-electron chi connectivity index (χ4n) is 1.06. The fraction of sp³-hybridized carbons (Fsp3) is 0.889. The Morgan fingerprint density at radius 3 is 2.38 bits per heavy atom. The molecule has 0 aliphatic rings. The summed E-state index contributed by atoms with van der Waals surface area (Å²) in [4.78, 5) is 13.2. The zero-order chi connectivity index (χ0) is 10.6. The van der Waals surface area contributed by atoms with Gasteiger partial charge in [-0.25, -0.2) is 0 Å². The van der Waals surface area contributed by atoms with Crippen LogP contribution in [0.1, 0.15) is 20.8 Å². The lowest BCUT2D eigenvalue weighted by molar-refractivity contribution is -0.136. The molecule has 4 nitrogen and oxygen atoms in total. The van der Waals surface area contributed by atoms with Crippen LogP contribution in [0, 0.1) is 0 Å². The van der Waals surface area contributed by atoms with E-state index in [-0.39, 0.29) is 5.91 Å². The van der Waals surface area contributed by atoms with Gasteiger partial charge < -0.3 is 15.3 Å². The van der Waals surface area contributed by atoms with Gasteiger partial charge in [0.15, 0.2) is 0 Å². The van der Waals surface area contributed by atoms with E-state index in [1.165, 1.54) is 4.90 Å². The van der Waals surface area contributed by atoms with E-state index in [4.69, 9.17) is 5.11 Å². The molecule has 1 amide bonds. The van der Waals surface area contributed by atoms with Gasteiger partial charge in [0.2, 0.25) is 5.91 Å². The third-order valence-electron chi connectivity index (χ3n) is 2.04. The molecule has 0 radical (unpaired) electrons. The Labute approximate surface area is 79.9 Å². The highest BCUT2D eigenvalue weighted by Gasteiger charge is 2.28. The van der Waals surface area contributed by atoms with Crippen molar-refractivity contribution in [3.63, 3.8) is 0 Å². The van der Waals surface area contributed by atoms with E-state index in [2.05, 4.69) is 5.32 Å². The number of likely N-dealkylation sites (N-methyl/N-ethyl adjacent to an activating group) is 2. The molecule has 0 spiro atoms. The van der Waals surface area contributed by atoms with Gasteiger partial charge in [-0.05, 0) is 27.8 Å². The predicted molar refractivity (Wildman–Crippen MR) is 52.5 cm³/mol. The number of carbonyl (C=O) groups is 1. The number of nitrogens with one attached hydrogen (secondary N) is 1. The average Bonchev–Trinajstić information content (AvgIpc) is 2.01. The van der Waals surface area contributed by atoms with Crippen LogP contribution < -0.4 is 5.32 Å². The summed E-state index contributed by atoms with van der Waals surface area (Å²) < 4.78 is 0. The Hall–Kier alpha value is -0.610. The number of hydrogen-bond acceptors (Lipinski definition) is 3. The van der Waals surface area contributed by atoms with Crippen LogP contribution in [0.5, 0.6) is 0 Å². The summed E-state index contributed by atoms with van der Waals surface area (Å²) in [5, 5.41) is 12.0. The first kappa shape index (κ1) is 12.4. The van der Waals surface area contributed by atoms with Crippen molar-refractivity contribution >= 4 is 5.91 Å². The maximum Gasteiger partial charge on any atom is 0.242 e. The highest BCUT2D eigenvalue weighted by molar-refractivity contribution is 5.85. The average molecular weight is 188 g/mol. The summed E-state index contributed by atoms with van der Waals surface area (Å²) in [6.45, 7) is 5.65. The van der Waals surface area contributed by atoms with Crippen LogP contribution in [-0.2, 0) is 4.79 Å². The molecule has 78 valence electrons. The molecule has 0 aliphatic carbocycles. The minimum Gasteiger partial charge on any atom is -0.392 e. The van der Waals surface area contributed by atoms with Crippen molar-refractivity contribution in [2.75, 3.05) is 20.6 Å². The van der Waals surface area contributed by atoms with Gasteiger partial charge in [-0.2, -0.15) is 0 Å². The Morgan fingerprint density at radius 1 is 1.62 bits per heavy atom. The van der Waals surface area contributed by atoms with Gasteiger partial charge in [0.25, 0.3) is 0 Å². The van der Waals surface area contributed by atoms with E-state index in [0.29, 0.717) is 6.54 Å². The molecule has 0 aromatic carbocycles. The van der Waals surface area contributed by atoms with Crippen LogP contribution in [0.25, 0.3) is 0 Å². The van der Waals surface area contributed by atoms with Crippen molar-refractivity contribution in [1.29, 1.82) is 0 Å². The van der Waals surface area contributed by atoms with E-state index in [0.717, 1.165) is 0 Å². The second-order valence-electron chi connectivity index (χ2n) is 3.91. The van der Waals surface area contributed by atoms with Gasteiger partial charge in [-0.1, -0.05) is 0 Å². The number of hydrogen-bond donors (Lipinski definition) is 2. The topological polar surface area (TPSA) is 52.6 Å². The van der Waals surface area contributed by atoms with Crippen LogP contribution in [0.15, 0.2) is 0 Å². The molecule has 0 aliphatic heterocycles. The summed E-state index contributed by atoms with van der Waals surface area (Å²) in [5.74, 6) is -0.0177. The number of nitrogens with zero attached hydrogens (tertiary/aromatic N) is 1.